The topological polar surface area (TPSA) is 0 Å². The van der Waals surface area contributed by atoms with Crippen LogP contribution in [0.25, 0.3) is 120 Å². The molecular weight excluding hydrogens is 673 g/mol. The third-order valence-electron chi connectivity index (χ3n) is 12.1. The Kier molecular flexibility index (Phi) is 6.73. The zero-order valence-corrected chi connectivity index (χ0v) is 30.6. The predicted molar refractivity (Wildman–Crippen MR) is 243 cm³/mol. The van der Waals surface area contributed by atoms with Crippen molar-refractivity contribution >= 4 is 86.2 Å². The third kappa shape index (κ3) is 4.79. The van der Waals surface area contributed by atoms with Gasteiger partial charge in [0.2, 0.25) is 0 Å². The predicted octanol–water partition coefficient (Wildman–Crippen LogP) is 15.9. The molecule has 0 fully saturated rings. The minimum Gasteiger partial charge on any atom is -0.0616 e. The van der Waals surface area contributed by atoms with Crippen LogP contribution in [0.2, 0.25) is 0 Å². The van der Waals surface area contributed by atoms with Crippen LogP contribution < -0.4 is 0 Å². The van der Waals surface area contributed by atoms with Gasteiger partial charge in [-0.2, -0.15) is 0 Å². The third-order valence-corrected chi connectivity index (χ3v) is 12.1. The van der Waals surface area contributed by atoms with Gasteiger partial charge >= 0.3 is 0 Å². The summed E-state index contributed by atoms with van der Waals surface area (Å²) in [7, 11) is 0. The molecule has 0 atom stereocenters. The summed E-state index contributed by atoms with van der Waals surface area (Å²) in [5, 5.41) is 20.0. The largest absolute Gasteiger partial charge is 0.0616 e. The minimum absolute atomic E-state index is 1.24. The van der Waals surface area contributed by atoms with Crippen LogP contribution in [0.3, 0.4) is 0 Å². The van der Waals surface area contributed by atoms with E-state index >= 15 is 0 Å². The van der Waals surface area contributed by atoms with Crippen LogP contribution in [0.5, 0.6) is 0 Å². The highest BCUT2D eigenvalue weighted by Crippen LogP contribution is 2.49. The maximum atomic E-state index is 2.43. The van der Waals surface area contributed by atoms with Crippen molar-refractivity contribution in [1.29, 1.82) is 0 Å². The van der Waals surface area contributed by atoms with Crippen LogP contribution in [0.1, 0.15) is 0 Å². The van der Waals surface area contributed by atoms with Crippen molar-refractivity contribution in [2.24, 2.45) is 0 Å². The first-order valence-electron chi connectivity index (χ1n) is 19.5. The van der Waals surface area contributed by atoms with Crippen LogP contribution >= 0.6 is 0 Å². The minimum atomic E-state index is 1.24. The maximum absolute atomic E-state index is 2.43. The van der Waals surface area contributed by atoms with Crippen LogP contribution in [0, 0.1) is 0 Å². The van der Waals surface area contributed by atoms with Gasteiger partial charge in [-0.1, -0.05) is 158 Å². The highest BCUT2D eigenvalue weighted by atomic mass is 14.2. The zero-order valence-electron chi connectivity index (χ0n) is 30.6. The van der Waals surface area contributed by atoms with Gasteiger partial charge in [0, 0.05) is 0 Å². The van der Waals surface area contributed by atoms with E-state index in [-0.39, 0.29) is 0 Å². The maximum Gasteiger partial charge on any atom is -0.00199 e. The zero-order chi connectivity index (χ0) is 36.7. The van der Waals surface area contributed by atoms with E-state index in [4.69, 9.17) is 0 Å². The number of benzene rings is 12. The highest BCUT2D eigenvalue weighted by Gasteiger charge is 2.22. The Hall–Kier alpha value is -7.28. The Morgan fingerprint density at radius 2 is 0.464 bits per heavy atom. The van der Waals surface area contributed by atoms with Gasteiger partial charge in [-0.05, 0) is 168 Å². The molecule has 258 valence electrons. The first-order valence-corrected chi connectivity index (χ1v) is 19.5. The summed E-state index contributed by atoms with van der Waals surface area (Å²) < 4.78 is 0. The van der Waals surface area contributed by atoms with Crippen LogP contribution in [0.15, 0.2) is 206 Å². The summed E-state index contributed by atoms with van der Waals surface area (Å²) in [6.07, 6.45) is 0. The smallest absolute Gasteiger partial charge is 0.00199 e. The van der Waals surface area contributed by atoms with E-state index in [9.17, 15) is 0 Å². The molecule has 0 heterocycles. The molecule has 12 rings (SSSR count). The number of hydrogen-bond acceptors (Lipinski definition) is 0. The van der Waals surface area contributed by atoms with Gasteiger partial charge < -0.3 is 0 Å². The number of fused-ring (bicyclic) bond motifs is 8. The SMILES string of the molecule is c1ccc2cc3c(-c4ccc5cc6ccccc6cc5c4-c4ccc5cc6ccccc6cc5c4-c4cccc5cc6ccccc6cc45)cccc3cc2c1. The summed E-state index contributed by atoms with van der Waals surface area (Å²) in [5.74, 6) is 0. The molecule has 0 aliphatic rings. The van der Waals surface area contributed by atoms with Gasteiger partial charge in [0.05, 0.1) is 0 Å². The first kappa shape index (κ1) is 31.1. The fourth-order valence-electron chi connectivity index (χ4n) is 9.43. The van der Waals surface area contributed by atoms with E-state index in [2.05, 4.69) is 206 Å². The van der Waals surface area contributed by atoms with Crippen molar-refractivity contribution in [3.8, 4) is 33.4 Å². The highest BCUT2D eigenvalue weighted by molar-refractivity contribution is 6.20. The average molecular weight is 707 g/mol. The Balaban J connectivity index is 1.27. The standard InChI is InChI=1S/C56H34/c1-5-15-39-31-51-43(27-35(39)11-1)19-9-21-47(51)49-25-23-45-29-37-13-3-8-18-42(37)34-54(45)56(49)50-26-24-46-30-38-14-4-7-17-41(38)33-53(46)55(50)48-22-10-20-44-28-36-12-2-6-16-40(36)32-52(44)48/h1-34H. The summed E-state index contributed by atoms with van der Waals surface area (Å²) >= 11 is 0. The molecule has 0 unspecified atom stereocenters. The van der Waals surface area contributed by atoms with E-state index in [1.165, 1.54) is 120 Å². The molecule has 0 N–H and O–H groups in total. The monoisotopic (exact) mass is 706 g/mol. The molecule has 0 bridgehead atoms. The van der Waals surface area contributed by atoms with Gasteiger partial charge in [-0.3, -0.25) is 0 Å². The summed E-state index contributed by atoms with van der Waals surface area (Å²) in [4.78, 5) is 0. The summed E-state index contributed by atoms with van der Waals surface area (Å²) in [6, 6.07) is 77.2. The van der Waals surface area contributed by atoms with E-state index in [0.29, 0.717) is 0 Å². The molecule has 0 aliphatic carbocycles. The van der Waals surface area contributed by atoms with E-state index < -0.39 is 0 Å². The van der Waals surface area contributed by atoms with Crippen molar-refractivity contribution < 1.29 is 0 Å². The average Bonchev–Trinajstić information content (AvgIpc) is 3.25. The second-order valence-corrected chi connectivity index (χ2v) is 15.3. The van der Waals surface area contributed by atoms with Crippen molar-refractivity contribution in [3.05, 3.63) is 206 Å². The van der Waals surface area contributed by atoms with Crippen LogP contribution in [-0.2, 0) is 0 Å². The molecule has 0 aliphatic heterocycles. The molecule has 0 amide bonds. The number of hydrogen-bond donors (Lipinski definition) is 0. The summed E-state index contributed by atoms with van der Waals surface area (Å²) in [6.45, 7) is 0. The molecule has 0 aromatic heterocycles. The molecule has 0 radical (unpaired) electrons. The Morgan fingerprint density at radius 1 is 0.161 bits per heavy atom. The molecule has 56 heavy (non-hydrogen) atoms. The quantitative estimate of drug-likeness (QED) is 0.160. The number of rotatable bonds is 3. The van der Waals surface area contributed by atoms with Gasteiger partial charge in [0.1, 0.15) is 0 Å². The summed E-state index contributed by atoms with van der Waals surface area (Å²) in [5.41, 5.74) is 7.49. The van der Waals surface area contributed by atoms with Gasteiger partial charge in [-0.15, -0.1) is 0 Å². The Morgan fingerprint density at radius 3 is 0.911 bits per heavy atom. The second kappa shape index (κ2) is 12.1. The first-order chi connectivity index (χ1) is 27.7. The fraction of sp³-hybridized carbons (Fsp3) is 0. The van der Waals surface area contributed by atoms with Crippen molar-refractivity contribution in [2.75, 3.05) is 0 Å². The Labute approximate surface area is 324 Å². The van der Waals surface area contributed by atoms with Crippen LogP contribution in [-0.4, -0.2) is 0 Å². The van der Waals surface area contributed by atoms with Crippen molar-refractivity contribution in [2.45, 2.75) is 0 Å². The lowest BCUT2D eigenvalue weighted by atomic mass is 9.81. The van der Waals surface area contributed by atoms with E-state index in [1.54, 1.807) is 0 Å². The van der Waals surface area contributed by atoms with Gasteiger partial charge in [0.15, 0.2) is 0 Å². The lowest BCUT2D eigenvalue weighted by Crippen LogP contribution is -1.95. The van der Waals surface area contributed by atoms with Gasteiger partial charge in [-0.25, -0.2) is 0 Å². The normalized spacial score (nSPS) is 11.9. The van der Waals surface area contributed by atoms with E-state index in [1.807, 2.05) is 0 Å². The molecule has 12 aromatic rings. The molecule has 0 saturated carbocycles. The second-order valence-electron chi connectivity index (χ2n) is 15.3. The molecular formula is C56H34. The molecule has 0 saturated heterocycles. The molecule has 0 spiro atoms. The van der Waals surface area contributed by atoms with Crippen LogP contribution in [0.4, 0.5) is 0 Å². The molecule has 0 nitrogen and oxygen atoms in total. The van der Waals surface area contributed by atoms with Gasteiger partial charge in [0.25, 0.3) is 0 Å². The van der Waals surface area contributed by atoms with E-state index in [0.717, 1.165) is 0 Å². The fourth-order valence-corrected chi connectivity index (χ4v) is 9.43. The Bertz CT molecular complexity index is 3590. The van der Waals surface area contributed by atoms with Crippen molar-refractivity contribution in [3.63, 3.8) is 0 Å². The lowest BCUT2D eigenvalue weighted by Gasteiger charge is -2.22. The lowest BCUT2D eigenvalue weighted by molar-refractivity contribution is 1.64. The molecule has 12 aromatic carbocycles. The van der Waals surface area contributed by atoms with Crippen molar-refractivity contribution in [1.82, 2.24) is 0 Å². The molecule has 0 heteroatoms.